The Morgan fingerprint density at radius 2 is 2.12 bits per heavy atom. The van der Waals surface area contributed by atoms with E-state index in [1.165, 1.54) is 0 Å². The third-order valence-electron chi connectivity index (χ3n) is 4.09. The number of piperidine rings is 1. The van der Waals surface area contributed by atoms with Crippen LogP contribution in [-0.2, 0) is 0 Å². The molecule has 0 aliphatic carbocycles. The van der Waals surface area contributed by atoms with Crippen molar-refractivity contribution in [2.45, 2.75) is 19.4 Å². The van der Waals surface area contributed by atoms with Crippen LogP contribution < -0.4 is 10.6 Å². The van der Waals surface area contributed by atoms with E-state index in [4.69, 9.17) is 23.2 Å². The van der Waals surface area contributed by atoms with Crippen molar-refractivity contribution in [1.29, 1.82) is 0 Å². The van der Waals surface area contributed by atoms with Crippen LogP contribution in [0.4, 0.5) is 0 Å². The van der Waals surface area contributed by atoms with Gasteiger partial charge in [-0.2, -0.15) is 5.10 Å². The Balaban J connectivity index is 0.00000208. The third kappa shape index (κ3) is 4.22. The van der Waals surface area contributed by atoms with Gasteiger partial charge in [0.1, 0.15) is 0 Å². The summed E-state index contributed by atoms with van der Waals surface area (Å²) in [6.45, 7) is 3.97. The quantitative estimate of drug-likeness (QED) is 0.846. The molecule has 0 radical (unpaired) electrons. The van der Waals surface area contributed by atoms with Gasteiger partial charge in [0, 0.05) is 12.2 Å². The zero-order chi connectivity index (χ0) is 16.4. The van der Waals surface area contributed by atoms with E-state index in [1.54, 1.807) is 35.1 Å². The second-order valence-corrected chi connectivity index (χ2v) is 6.61. The smallest absolute Gasteiger partial charge is 0.272 e. The highest BCUT2D eigenvalue weighted by atomic mass is 35.5. The number of aromatic nitrogens is 2. The molecule has 1 aliphatic heterocycles. The fraction of sp³-hybridized carbons (Fsp3) is 0.375. The molecule has 1 amide bonds. The van der Waals surface area contributed by atoms with Crippen LogP contribution in [0.15, 0.2) is 30.5 Å². The summed E-state index contributed by atoms with van der Waals surface area (Å²) in [6.07, 6.45) is 2.67. The van der Waals surface area contributed by atoms with Crippen molar-refractivity contribution >= 4 is 41.5 Å². The second-order valence-electron chi connectivity index (χ2n) is 5.79. The van der Waals surface area contributed by atoms with Crippen LogP contribution in [0.5, 0.6) is 0 Å². The normalized spacial score (nSPS) is 20.3. The van der Waals surface area contributed by atoms with Crippen molar-refractivity contribution in [2.24, 2.45) is 5.92 Å². The molecule has 1 aromatic heterocycles. The van der Waals surface area contributed by atoms with Gasteiger partial charge >= 0.3 is 0 Å². The van der Waals surface area contributed by atoms with Gasteiger partial charge < -0.3 is 10.6 Å². The summed E-state index contributed by atoms with van der Waals surface area (Å²) in [7, 11) is 0. The van der Waals surface area contributed by atoms with Crippen LogP contribution in [0.3, 0.4) is 0 Å². The topological polar surface area (TPSA) is 58.9 Å². The molecule has 0 bridgehead atoms. The van der Waals surface area contributed by atoms with E-state index in [2.05, 4.69) is 22.7 Å². The Morgan fingerprint density at radius 3 is 2.83 bits per heavy atom. The maximum absolute atomic E-state index is 12.4. The first-order valence-electron chi connectivity index (χ1n) is 7.57. The highest BCUT2D eigenvalue weighted by Crippen LogP contribution is 2.24. The second kappa shape index (κ2) is 8.21. The van der Waals surface area contributed by atoms with Crippen LogP contribution in [-0.4, -0.2) is 34.8 Å². The maximum Gasteiger partial charge on any atom is 0.272 e. The number of hydrogen-bond donors (Lipinski definition) is 2. The maximum atomic E-state index is 12.4. The molecule has 2 atom stereocenters. The zero-order valence-corrected chi connectivity index (χ0v) is 15.5. The molecule has 2 heterocycles. The number of carbonyl (C=O) groups is 1. The molecule has 2 N–H and O–H groups in total. The molecule has 1 aliphatic rings. The van der Waals surface area contributed by atoms with E-state index in [9.17, 15) is 4.79 Å². The van der Waals surface area contributed by atoms with E-state index in [1.807, 2.05) is 0 Å². The molecule has 1 fully saturated rings. The molecule has 0 saturated carbocycles. The third-order valence-corrected chi connectivity index (χ3v) is 4.83. The highest BCUT2D eigenvalue weighted by Gasteiger charge is 2.23. The summed E-state index contributed by atoms with van der Waals surface area (Å²) >= 11 is 11.9. The first kappa shape index (κ1) is 19.1. The van der Waals surface area contributed by atoms with Gasteiger partial charge in [0.15, 0.2) is 5.69 Å². The van der Waals surface area contributed by atoms with E-state index in [-0.39, 0.29) is 24.4 Å². The fourth-order valence-electron chi connectivity index (χ4n) is 2.69. The minimum absolute atomic E-state index is 0. The van der Waals surface area contributed by atoms with Gasteiger partial charge in [-0.1, -0.05) is 30.1 Å². The standard InChI is InChI=1S/C16H18Cl2N4O.ClH/c1-10-9-19-6-4-14(10)20-16(23)15-5-7-22(21-15)11-2-3-12(17)13(18)8-11;/h2-3,5,7-8,10,14,19H,4,6,9H2,1H3,(H,20,23);1H. The Kier molecular flexibility index (Phi) is 6.52. The van der Waals surface area contributed by atoms with Crippen LogP contribution in [0, 0.1) is 5.92 Å². The molecule has 2 aromatic rings. The lowest BCUT2D eigenvalue weighted by molar-refractivity contribution is 0.0908. The lowest BCUT2D eigenvalue weighted by atomic mass is 9.95. The monoisotopic (exact) mass is 388 g/mol. The average Bonchev–Trinajstić information content (AvgIpc) is 3.02. The average molecular weight is 390 g/mol. The summed E-state index contributed by atoms with van der Waals surface area (Å²) in [4.78, 5) is 12.4. The van der Waals surface area contributed by atoms with Gasteiger partial charge in [-0.3, -0.25) is 4.79 Å². The number of halogens is 3. The van der Waals surface area contributed by atoms with Crippen LogP contribution in [0.2, 0.25) is 10.0 Å². The molecule has 1 aromatic carbocycles. The minimum Gasteiger partial charge on any atom is -0.348 e. The largest absolute Gasteiger partial charge is 0.348 e. The van der Waals surface area contributed by atoms with E-state index in [0.717, 1.165) is 25.2 Å². The van der Waals surface area contributed by atoms with Crippen molar-refractivity contribution < 1.29 is 4.79 Å². The lowest BCUT2D eigenvalue weighted by Gasteiger charge is -2.29. The van der Waals surface area contributed by atoms with Crippen molar-refractivity contribution in [3.63, 3.8) is 0 Å². The van der Waals surface area contributed by atoms with E-state index < -0.39 is 0 Å². The van der Waals surface area contributed by atoms with Crippen LogP contribution in [0.1, 0.15) is 23.8 Å². The van der Waals surface area contributed by atoms with Crippen molar-refractivity contribution in [1.82, 2.24) is 20.4 Å². The van der Waals surface area contributed by atoms with Crippen LogP contribution in [0.25, 0.3) is 5.69 Å². The Morgan fingerprint density at radius 1 is 1.33 bits per heavy atom. The minimum atomic E-state index is -0.150. The first-order chi connectivity index (χ1) is 11.0. The molecular formula is C16H19Cl3N4O. The summed E-state index contributed by atoms with van der Waals surface area (Å²) in [5.41, 5.74) is 1.15. The molecule has 3 rings (SSSR count). The number of rotatable bonds is 3. The number of benzene rings is 1. The summed E-state index contributed by atoms with van der Waals surface area (Å²) in [6, 6.07) is 7.10. The Labute approximate surface area is 157 Å². The number of hydrogen-bond acceptors (Lipinski definition) is 3. The SMILES string of the molecule is CC1CNCCC1NC(=O)c1ccn(-c2ccc(Cl)c(Cl)c2)n1.Cl. The summed E-state index contributed by atoms with van der Waals surface area (Å²) < 4.78 is 1.61. The predicted molar refractivity (Wildman–Crippen MR) is 98.7 cm³/mol. The molecule has 8 heteroatoms. The number of amides is 1. The molecule has 0 spiro atoms. The first-order valence-corrected chi connectivity index (χ1v) is 8.33. The molecule has 5 nitrogen and oxygen atoms in total. The van der Waals surface area contributed by atoms with Crippen LogP contribution >= 0.6 is 35.6 Å². The number of carbonyl (C=O) groups excluding carboxylic acids is 1. The lowest BCUT2D eigenvalue weighted by Crippen LogP contribution is -2.48. The molecule has 130 valence electrons. The zero-order valence-electron chi connectivity index (χ0n) is 13.1. The van der Waals surface area contributed by atoms with Gasteiger partial charge in [0.2, 0.25) is 0 Å². The molecule has 24 heavy (non-hydrogen) atoms. The van der Waals surface area contributed by atoms with Crippen molar-refractivity contribution in [3.8, 4) is 5.69 Å². The Bertz CT molecular complexity index is 719. The summed E-state index contributed by atoms with van der Waals surface area (Å²) in [5.74, 6) is 0.257. The predicted octanol–water partition coefficient (Wildman–Crippen LogP) is 3.33. The van der Waals surface area contributed by atoms with Gasteiger partial charge in [-0.15, -0.1) is 12.4 Å². The van der Waals surface area contributed by atoms with Gasteiger partial charge in [0.05, 0.1) is 15.7 Å². The molecular weight excluding hydrogens is 371 g/mol. The Hall–Kier alpha value is -1.27. The highest BCUT2D eigenvalue weighted by molar-refractivity contribution is 6.42. The fourth-order valence-corrected chi connectivity index (χ4v) is 2.98. The van der Waals surface area contributed by atoms with Crippen molar-refractivity contribution in [2.75, 3.05) is 13.1 Å². The number of nitrogens with one attached hydrogen (secondary N) is 2. The summed E-state index contributed by atoms with van der Waals surface area (Å²) in [5, 5.41) is 11.7. The van der Waals surface area contributed by atoms with E-state index >= 15 is 0 Å². The number of nitrogens with zero attached hydrogens (tertiary/aromatic N) is 2. The van der Waals surface area contributed by atoms with Gasteiger partial charge in [0.25, 0.3) is 5.91 Å². The van der Waals surface area contributed by atoms with Gasteiger partial charge in [-0.25, -0.2) is 4.68 Å². The van der Waals surface area contributed by atoms with Gasteiger partial charge in [-0.05, 0) is 49.7 Å². The van der Waals surface area contributed by atoms with E-state index in [0.29, 0.717) is 21.7 Å². The van der Waals surface area contributed by atoms with Crippen molar-refractivity contribution in [3.05, 3.63) is 46.2 Å². The molecule has 1 saturated heterocycles. The molecule has 2 unspecified atom stereocenters.